The van der Waals surface area contributed by atoms with E-state index in [1.165, 1.54) is 6.33 Å². The standard InChI is InChI=1S/C20H21N7O/c28-20(16-4-2-15(3-5-16)19-23-13-24-25-19)27-11-14-1-6-17(27)12-26(10-14)18-9-21-7-8-22-18/h2-5,7-9,13-14,17H,1,6,10-12H2,(H,23,24,25)/t14-,17+/m0/s1. The maximum Gasteiger partial charge on any atom is 0.254 e. The number of carbonyl (C=O) groups is 1. The number of fused-ring (bicyclic) bond motifs is 4. The molecule has 0 spiro atoms. The molecule has 28 heavy (non-hydrogen) atoms. The summed E-state index contributed by atoms with van der Waals surface area (Å²) < 4.78 is 0. The van der Waals surface area contributed by atoms with Crippen LogP contribution >= 0.6 is 0 Å². The number of nitrogens with zero attached hydrogens (tertiary/aromatic N) is 6. The van der Waals surface area contributed by atoms with Gasteiger partial charge in [-0.1, -0.05) is 12.1 Å². The fourth-order valence-corrected chi connectivity index (χ4v) is 4.25. The summed E-state index contributed by atoms with van der Waals surface area (Å²) in [4.78, 5) is 30.3. The van der Waals surface area contributed by atoms with Crippen LogP contribution < -0.4 is 4.90 Å². The van der Waals surface area contributed by atoms with Gasteiger partial charge in [0.15, 0.2) is 5.82 Å². The predicted octanol–water partition coefficient (Wildman–Crippen LogP) is 2.00. The zero-order chi connectivity index (χ0) is 18.9. The largest absolute Gasteiger partial charge is 0.353 e. The van der Waals surface area contributed by atoms with Crippen molar-refractivity contribution in [2.24, 2.45) is 5.92 Å². The lowest BCUT2D eigenvalue weighted by Gasteiger charge is -2.36. The number of nitrogens with one attached hydrogen (secondary N) is 1. The predicted molar refractivity (Wildman–Crippen MR) is 104 cm³/mol. The third-order valence-electron chi connectivity index (χ3n) is 5.67. The Hall–Kier alpha value is -3.29. The van der Waals surface area contributed by atoms with E-state index in [1.54, 1.807) is 18.6 Å². The molecule has 2 aromatic heterocycles. The fraction of sp³-hybridized carbons (Fsp3) is 0.350. The number of aromatic amines is 1. The van der Waals surface area contributed by atoms with Crippen molar-refractivity contribution in [3.05, 3.63) is 54.7 Å². The van der Waals surface area contributed by atoms with Gasteiger partial charge in [-0.05, 0) is 30.9 Å². The molecule has 3 aliphatic heterocycles. The van der Waals surface area contributed by atoms with Gasteiger partial charge in [-0.15, -0.1) is 0 Å². The molecule has 3 fully saturated rings. The summed E-state index contributed by atoms with van der Waals surface area (Å²) in [5.74, 6) is 2.15. The van der Waals surface area contributed by atoms with Crippen LogP contribution in [0.15, 0.2) is 49.2 Å². The van der Waals surface area contributed by atoms with Crippen molar-refractivity contribution in [3.63, 3.8) is 0 Å². The van der Waals surface area contributed by atoms with Crippen LogP contribution in [0.5, 0.6) is 0 Å². The number of hydrogen-bond acceptors (Lipinski definition) is 6. The van der Waals surface area contributed by atoms with Gasteiger partial charge < -0.3 is 9.80 Å². The topological polar surface area (TPSA) is 90.9 Å². The second-order valence-corrected chi connectivity index (χ2v) is 7.43. The molecule has 1 aromatic carbocycles. The number of aromatic nitrogens is 5. The summed E-state index contributed by atoms with van der Waals surface area (Å²) in [5, 5.41) is 6.72. The van der Waals surface area contributed by atoms with Crippen LogP contribution in [0.1, 0.15) is 23.2 Å². The number of amides is 1. The van der Waals surface area contributed by atoms with Gasteiger partial charge in [-0.2, -0.15) is 5.10 Å². The first kappa shape index (κ1) is 16.9. The Morgan fingerprint density at radius 2 is 1.93 bits per heavy atom. The van der Waals surface area contributed by atoms with E-state index in [2.05, 4.69) is 30.0 Å². The summed E-state index contributed by atoms with van der Waals surface area (Å²) in [6, 6.07) is 7.77. The fourth-order valence-electron chi connectivity index (χ4n) is 4.25. The van der Waals surface area contributed by atoms with Crippen molar-refractivity contribution in [3.8, 4) is 11.4 Å². The van der Waals surface area contributed by atoms with Gasteiger partial charge >= 0.3 is 0 Å². The molecule has 2 bridgehead atoms. The molecule has 8 nitrogen and oxygen atoms in total. The Balaban J connectivity index is 1.35. The molecule has 0 unspecified atom stereocenters. The smallest absolute Gasteiger partial charge is 0.254 e. The van der Waals surface area contributed by atoms with Gasteiger partial charge in [0, 0.05) is 49.2 Å². The summed E-state index contributed by atoms with van der Waals surface area (Å²) in [7, 11) is 0. The Bertz CT molecular complexity index is 942. The van der Waals surface area contributed by atoms with Crippen LogP contribution in [0.2, 0.25) is 0 Å². The minimum atomic E-state index is 0.0971. The summed E-state index contributed by atoms with van der Waals surface area (Å²) in [5.41, 5.74) is 1.63. The average molecular weight is 375 g/mol. The first-order valence-electron chi connectivity index (χ1n) is 9.55. The molecule has 3 aliphatic rings. The Morgan fingerprint density at radius 1 is 1.04 bits per heavy atom. The highest BCUT2D eigenvalue weighted by Crippen LogP contribution is 2.31. The molecule has 1 amide bonds. The zero-order valence-electron chi connectivity index (χ0n) is 15.4. The molecule has 0 saturated carbocycles. The Kier molecular flexibility index (Phi) is 4.23. The van der Waals surface area contributed by atoms with E-state index in [4.69, 9.17) is 0 Å². The van der Waals surface area contributed by atoms with Crippen molar-refractivity contribution in [1.82, 2.24) is 30.0 Å². The lowest BCUT2D eigenvalue weighted by atomic mass is 9.94. The van der Waals surface area contributed by atoms with Crippen molar-refractivity contribution in [1.29, 1.82) is 0 Å². The van der Waals surface area contributed by atoms with Gasteiger partial charge in [0.25, 0.3) is 5.91 Å². The van der Waals surface area contributed by atoms with Crippen LogP contribution in [0.25, 0.3) is 11.4 Å². The molecular weight excluding hydrogens is 354 g/mol. The Labute approximate surface area is 162 Å². The second kappa shape index (κ2) is 7.03. The van der Waals surface area contributed by atoms with Crippen LogP contribution in [0.3, 0.4) is 0 Å². The van der Waals surface area contributed by atoms with Crippen molar-refractivity contribution >= 4 is 11.7 Å². The highest BCUT2D eigenvalue weighted by Gasteiger charge is 2.37. The summed E-state index contributed by atoms with van der Waals surface area (Å²) >= 11 is 0. The lowest BCUT2D eigenvalue weighted by Crippen LogP contribution is -2.47. The van der Waals surface area contributed by atoms with E-state index in [0.717, 1.165) is 43.9 Å². The van der Waals surface area contributed by atoms with Gasteiger partial charge in [0.2, 0.25) is 0 Å². The van der Waals surface area contributed by atoms with Crippen LogP contribution in [0, 0.1) is 5.92 Å². The van der Waals surface area contributed by atoms with E-state index in [-0.39, 0.29) is 11.9 Å². The third-order valence-corrected chi connectivity index (χ3v) is 5.67. The van der Waals surface area contributed by atoms with Gasteiger partial charge in [-0.3, -0.25) is 14.9 Å². The SMILES string of the molecule is O=C(c1ccc(-c2ncn[nH]2)cc1)N1C[C@H]2CC[C@@H]1CN(c1cnccn1)C2. The molecule has 0 aliphatic carbocycles. The maximum absolute atomic E-state index is 13.2. The van der Waals surface area contributed by atoms with Crippen molar-refractivity contribution in [2.45, 2.75) is 18.9 Å². The molecule has 6 rings (SSSR count). The normalized spacial score (nSPS) is 21.6. The van der Waals surface area contributed by atoms with Crippen LogP contribution in [0.4, 0.5) is 5.82 Å². The molecule has 142 valence electrons. The molecule has 2 atom stereocenters. The van der Waals surface area contributed by atoms with Crippen LogP contribution in [-0.4, -0.2) is 61.6 Å². The van der Waals surface area contributed by atoms with Crippen molar-refractivity contribution in [2.75, 3.05) is 24.5 Å². The molecule has 1 N–H and O–H groups in total. The molecular formula is C20H21N7O. The average Bonchev–Trinajstić information content (AvgIpc) is 3.14. The molecule has 3 saturated heterocycles. The number of hydrogen-bond donors (Lipinski definition) is 1. The van der Waals surface area contributed by atoms with E-state index in [0.29, 0.717) is 17.3 Å². The summed E-state index contributed by atoms with van der Waals surface area (Å²) in [6.07, 6.45) is 8.87. The van der Waals surface area contributed by atoms with E-state index < -0.39 is 0 Å². The highest BCUT2D eigenvalue weighted by molar-refractivity contribution is 5.95. The van der Waals surface area contributed by atoms with E-state index in [9.17, 15) is 4.79 Å². The minimum absolute atomic E-state index is 0.0971. The number of piperidine rings is 1. The van der Waals surface area contributed by atoms with Gasteiger partial charge in [0.1, 0.15) is 12.1 Å². The molecule has 3 aromatic rings. The number of benzene rings is 1. The molecule has 0 radical (unpaired) electrons. The van der Waals surface area contributed by atoms with Gasteiger partial charge in [0.05, 0.1) is 6.20 Å². The van der Waals surface area contributed by atoms with Crippen LogP contribution in [-0.2, 0) is 0 Å². The molecule has 5 heterocycles. The first-order valence-corrected chi connectivity index (χ1v) is 9.55. The number of H-pyrrole nitrogens is 1. The van der Waals surface area contributed by atoms with Gasteiger partial charge in [-0.25, -0.2) is 9.97 Å². The number of rotatable bonds is 3. The maximum atomic E-state index is 13.2. The lowest BCUT2D eigenvalue weighted by molar-refractivity contribution is 0.0592. The van der Waals surface area contributed by atoms with Crippen molar-refractivity contribution < 1.29 is 4.79 Å². The summed E-state index contributed by atoms with van der Waals surface area (Å²) in [6.45, 7) is 2.52. The first-order chi connectivity index (χ1) is 13.8. The minimum Gasteiger partial charge on any atom is -0.353 e. The Morgan fingerprint density at radius 3 is 2.68 bits per heavy atom. The van der Waals surface area contributed by atoms with E-state index >= 15 is 0 Å². The highest BCUT2D eigenvalue weighted by atomic mass is 16.2. The quantitative estimate of drug-likeness (QED) is 0.753. The van der Waals surface area contributed by atoms with E-state index in [1.807, 2.05) is 29.2 Å². The number of carbonyl (C=O) groups excluding carboxylic acids is 1. The number of anilines is 1. The zero-order valence-corrected chi connectivity index (χ0v) is 15.4. The second-order valence-electron chi connectivity index (χ2n) is 7.43. The molecule has 8 heteroatoms. The third kappa shape index (κ3) is 3.11. The monoisotopic (exact) mass is 375 g/mol.